The van der Waals surface area contributed by atoms with E-state index in [0.717, 1.165) is 12.0 Å². The van der Waals surface area contributed by atoms with E-state index in [1.54, 1.807) is 12.0 Å². The van der Waals surface area contributed by atoms with Crippen molar-refractivity contribution in [2.24, 2.45) is 16.8 Å². The summed E-state index contributed by atoms with van der Waals surface area (Å²) < 4.78 is 5.14. The molecule has 2 unspecified atom stereocenters. The molecule has 2 atom stereocenters. The van der Waals surface area contributed by atoms with Gasteiger partial charge in [-0.2, -0.15) is 0 Å². The third kappa shape index (κ3) is 3.52. The Labute approximate surface area is 124 Å². The minimum atomic E-state index is -0.738. The van der Waals surface area contributed by atoms with E-state index in [0.29, 0.717) is 25.6 Å². The van der Waals surface area contributed by atoms with Crippen molar-refractivity contribution in [3.8, 4) is 0 Å². The second-order valence-corrected chi connectivity index (χ2v) is 5.26. The molecule has 0 spiro atoms. The number of amides is 1. The first-order valence-electron chi connectivity index (χ1n) is 6.97. The number of nitrogens with zero attached hydrogens (tertiary/aromatic N) is 2. The average molecular weight is 291 g/mol. The van der Waals surface area contributed by atoms with Crippen LogP contribution in [0.3, 0.4) is 0 Å². The standard InChI is InChI=1S/C15H21N3O3/c1-21-10-11-7-8-18(9-11)15(19)13(14(16)17-20)12-5-3-2-4-6-12/h2-6,11,13,20H,7-10H2,1H3,(H2,16,17). The lowest BCUT2D eigenvalue weighted by molar-refractivity contribution is -0.130. The van der Waals surface area contributed by atoms with Gasteiger partial charge < -0.3 is 20.6 Å². The van der Waals surface area contributed by atoms with Crippen molar-refractivity contribution < 1.29 is 14.7 Å². The van der Waals surface area contributed by atoms with Crippen molar-refractivity contribution >= 4 is 11.7 Å². The van der Waals surface area contributed by atoms with E-state index in [1.165, 1.54) is 0 Å². The molecule has 1 aromatic carbocycles. The molecule has 1 aliphatic rings. The monoisotopic (exact) mass is 291 g/mol. The Morgan fingerprint density at radius 1 is 1.52 bits per heavy atom. The number of rotatable bonds is 5. The van der Waals surface area contributed by atoms with Crippen LogP contribution < -0.4 is 5.73 Å². The van der Waals surface area contributed by atoms with Crippen LogP contribution in [0.5, 0.6) is 0 Å². The van der Waals surface area contributed by atoms with E-state index >= 15 is 0 Å². The Bertz CT molecular complexity index is 504. The van der Waals surface area contributed by atoms with Crippen LogP contribution in [0.2, 0.25) is 0 Å². The van der Waals surface area contributed by atoms with Gasteiger partial charge >= 0.3 is 0 Å². The number of benzene rings is 1. The Morgan fingerprint density at radius 3 is 2.86 bits per heavy atom. The molecule has 21 heavy (non-hydrogen) atoms. The molecule has 1 saturated heterocycles. The summed E-state index contributed by atoms with van der Waals surface area (Å²) in [5.74, 6) is -0.600. The maximum absolute atomic E-state index is 12.7. The van der Waals surface area contributed by atoms with Crippen LogP contribution in [-0.2, 0) is 9.53 Å². The first-order chi connectivity index (χ1) is 10.2. The van der Waals surface area contributed by atoms with E-state index in [4.69, 9.17) is 15.7 Å². The molecule has 1 heterocycles. The zero-order chi connectivity index (χ0) is 15.2. The molecule has 0 aromatic heterocycles. The lowest BCUT2D eigenvalue weighted by Gasteiger charge is -2.23. The fourth-order valence-electron chi connectivity index (χ4n) is 2.73. The lowest BCUT2D eigenvalue weighted by atomic mass is 9.96. The number of amidine groups is 1. The lowest BCUT2D eigenvalue weighted by Crippen LogP contribution is -2.39. The number of nitrogens with two attached hydrogens (primary N) is 1. The molecule has 0 radical (unpaired) electrons. The highest BCUT2D eigenvalue weighted by atomic mass is 16.5. The zero-order valence-electron chi connectivity index (χ0n) is 12.1. The molecule has 2 rings (SSSR count). The summed E-state index contributed by atoms with van der Waals surface area (Å²) in [6.45, 7) is 1.97. The largest absolute Gasteiger partial charge is 0.409 e. The molecule has 3 N–H and O–H groups in total. The van der Waals surface area contributed by atoms with Crippen molar-refractivity contribution in [3.05, 3.63) is 35.9 Å². The van der Waals surface area contributed by atoms with Crippen LogP contribution in [0.25, 0.3) is 0 Å². The van der Waals surface area contributed by atoms with Crippen molar-refractivity contribution in [1.82, 2.24) is 4.90 Å². The molecule has 6 heteroatoms. The minimum Gasteiger partial charge on any atom is -0.409 e. The first-order valence-corrected chi connectivity index (χ1v) is 6.97. The second-order valence-electron chi connectivity index (χ2n) is 5.26. The van der Waals surface area contributed by atoms with Crippen molar-refractivity contribution in [3.63, 3.8) is 0 Å². The van der Waals surface area contributed by atoms with Gasteiger partial charge in [-0.1, -0.05) is 35.5 Å². The SMILES string of the molecule is COCC1CCN(C(=O)C(C(N)=NO)c2ccccc2)C1. The number of hydrogen-bond acceptors (Lipinski definition) is 4. The highest BCUT2D eigenvalue weighted by molar-refractivity contribution is 6.07. The van der Waals surface area contributed by atoms with Gasteiger partial charge in [-0.15, -0.1) is 0 Å². The summed E-state index contributed by atoms with van der Waals surface area (Å²) in [5.41, 5.74) is 6.47. The van der Waals surface area contributed by atoms with Crippen LogP contribution in [0.1, 0.15) is 17.9 Å². The number of ether oxygens (including phenoxy) is 1. The molecule has 1 aliphatic heterocycles. The third-order valence-electron chi connectivity index (χ3n) is 3.79. The highest BCUT2D eigenvalue weighted by Gasteiger charge is 2.33. The van der Waals surface area contributed by atoms with Gasteiger partial charge in [0.25, 0.3) is 0 Å². The second kappa shape index (κ2) is 7.08. The molecular weight excluding hydrogens is 270 g/mol. The van der Waals surface area contributed by atoms with Gasteiger partial charge in [0.1, 0.15) is 5.92 Å². The predicted molar refractivity (Wildman–Crippen MR) is 79.2 cm³/mol. The first kappa shape index (κ1) is 15.3. The molecule has 114 valence electrons. The number of likely N-dealkylation sites (tertiary alicyclic amines) is 1. The number of methoxy groups -OCH3 is 1. The van der Waals surface area contributed by atoms with Gasteiger partial charge in [0.05, 0.1) is 6.61 Å². The smallest absolute Gasteiger partial charge is 0.237 e. The fourth-order valence-corrected chi connectivity index (χ4v) is 2.73. The Kier molecular flexibility index (Phi) is 5.16. The Morgan fingerprint density at radius 2 is 2.24 bits per heavy atom. The summed E-state index contributed by atoms with van der Waals surface area (Å²) in [4.78, 5) is 14.5. The molecule has 1 fully saturated rings. The van der Waals surface area contributed by atoms with Crippen LogP contribution in [0.15, 0.2) is 35.5 Å². The number of carbonyl (C=O) groups excluding carboxylic acids is 1. The molecule has 1 amide bonds. The number of carbonyl (C=O) groups is 1. The average Bonchev–Trinajstić information content (AvgIpc) is 2.97. The van der Waals surface area contributed by atoms with Crippen LogP contribution in [-0.4, -0.2) is 48.7 Å². The number of hydrogen-bond donors (Lipinski definition) is 2. The van der Waals surface area contributed by atoms with Crippen molar-refractivity contribution in [2.45, 2.75) is 12.3 Å². The van der Waals surface area contributed by atoms with Gasteiger partial charge in [-0.25, -0.2) is 0 Å². The molecule has 1 aromatic rings. The summed E-state index contributed by atoms with van der Waals surface area (Å²) in [7, 11) is 1.66. The van der Waals surface area contributed by atoms with Gasteiger partial charge in [0, 0.05) is 26.1 Å². The van der Waals surface area contributed by atoms with Gasteiger partial charge in [0.15, 0.2) is 5.84 Å². The maximum atomic E-state index is 12.7. The van der Waals surface area contributed by atoms with E-state index in [2.05, 4.69) is 5.16 Å². The van der Waals surface area contributed by atoms with Gasteiger partial charge in [0.2, 0.25) is 5.91 Å². The predicted octanol–water partition coefficient (Wildman–Crippen LogP) is 1.01. The van der Waals surface area contributed by atoms with Crippen molar-refractivity contribution in [2.75, 3.05) is 26.8 Å². The van der Waals surface area contributed by atoms with Crippen LogP contribution >= 0.6 is 0 Å². The zero-order valence-corrected chi connectivity index (χ0v) is 12.1. The van der Waals surface area contributed by atoms with Crippen LogP contribution in [0.4, 0.5) is 0 Å². The summed E-state index contributed by atoms with van der Waals surface area (Å²) in [5, 5.41) is 12.0. The van der Waals surface area contributed by atoms with Gasteiger partial charge in [-0.3, -0.25) is 4.79 Å². The van der Waals surface area contributed by atoms with E-state index < -0.39 is 5.92 Å². The normalized spacial score (nSPS) is 20.5. The molecule has 0 aliphatic carbocycles. The van der Waals surface area contributed by atoms with E-state index in [9.17, 15) is 4.79 Å². The summed E-state index contributed by atoms with van der Waals surface area (Å²) in [6, 6.07) is 9.14. The van der Waals surface area contributed by atoms with Crippen LogP contribution in [0, 0.1) is 5.92 Å². The molecule has 0 saturated carbocycles. The topological polar surface area (TPSA) is 88.2 Å². The molecule has 6 nitrogen and oxygen atoms in total. The highest BCUT2D eigenvalue weighted by Crippen LogP contribution is 2.24. The third-order valence-corrected chi connectivity index (χ3v) is 3.79. The van der Waals surface area contributed by atoms with E-state index in [-0.39, 0.29) is 11.7 Å². The fraction of sp³-hybridized carbons (Fsp3) is 0.467. The van der Waals surface area contributed by atoms with Crippen molar-refractivity contribution in [1.29, 1.82) is 0 Å². The minimum absolute atomic E-state index is 0.0820. The Balaban J connectivity index is 2.17. The summed E-state index contributed by atoms with van der Waals surface area (Å²) >= 11 is 0. The quantitative estimate of drug-likeness (QED) is 0.367. The molecule has 0 bridgehead atoms. The maximum Gasteiger partial charge on any atom is 0.237 e. The number of oxime groups is 1. The Hall–Kier alpha value is -2.08. The summed E-state index contributed by atoms with van der Waals surface area (Å²) in [6.07, 6.45) is 0.914. The molecular formula is C15H21N3O3. The van der Waals surface area contributed by atoms with E-state index in [1.807, 2.05) is 30.3 Å². The van der Waals surface area contributed by atoms with Gasteiger partial charge in [-0.05, 0) is 12.0 Å².